The number of imidazole rings is 1. The number of rotatable bonds is 13. The molecule has 12 heteroatoms. The number of hydrogen-bond acceptors (Lipinski definition) is 7. The van der Waals surface area contributed by atoms with Crippen LogP contribution in [0.25, 0.3) is 0 Å². The number of Topliss-reactive ketones (excluding diaryl/α,β-unsaturated/α-hetero) is 1. The number of nitrogens with zero attached hydrogens (tertiary/aromatic N) is 2. The number of alkyl carbamates (subject to hydrolysis) is 1. The topological polar surface area (TPSA) is 153 Å². The number of anilines is 2. The van der Waals surface area contributed by atoms with Crippen LogP contribution in [0.5, 0.6) is 0 Å². The molecule has 0 aliphatic carbocycles. The molecule has 0 saturated carbocycles. The molecule has 3 aromatic rings. The third kappa shape index (κ3) is 11.2. The number of urea groups is 1. The van der Waals surface area contributed by atoms with Crippen molar-refractivity contribution in [2.45, 2.75) is 65.3 Å². The Bertz CT molecular complexity index is 1430. The van der Waals surface area contributed by atoms with E-state index in [9.17, 15) is 19.2 Å². The van der Waals surface area contributed by atoms with E-state index in [4.69, 9.17) is 9.47 Å². The van der Waals surface area contributed by atoms with Gasteiger partial charge in [0, 0.05) is 31.9 Å². The van der Waals surface area contributed by atoms with Crippen molar-refractivity contribution in [3.8, 4) is 0 Å². The van der Waals surface area contributed by atoms with Crippen LogP contribution in [0.15, 0.2) is 67.1 Å². The average molecular weight is 607 g/mol. The quantitative estimate of drug-likeness (QED) is 0.220. The van der Waals surface area contributed by atoms with E-state index in [-0.39, 0.29) is 31.4 Å². The number of hydrogen-bond donors (Lipinski definition) is 4. The number of nitrogens with one attached hydrogen (secondary N) is 4. The Morgan fingerprint density at radius 1 is 0.932 bits per heavy atom. The van der Waals surface area contributed by atoms with Crippen LogP contribution in [-0.4, -0.2) is 58.2 Å². The lowest BCUT2D eigenvalue weighted by Crippen LogP contribution is -2.52. The Hall–Kier alpha value is -4.71. The van der Waals surface area contributed by atoms with Gasteiger partial charge in [0.15, 0.2) is 11.6 Å². The molecule has 4 amide bonds. The van der Waals surface area contributed by atoms with Crippen molar-refractivity contribution in [2.24, 2.45) is 5.92 Å². The molecule has 0 bridgehead atoms. The summed E-state index contributed by atoms with van der Waals surface area (Å²) in [6, 6.07) is 16.5. The van der Waals surface area contributed by atoms with Crippen molar-refractivity contribution in [3.05, 3.63) is 78.2 Å². The molecule has 3 rings (SSSR count). The number of amides is 4. The number of carbonyl (C=O) groups excluding carboxylic acids is 4. The minimum Gasteiger partial charge on any atom is -0.444 e. The zero-order chi connectivity index (χ0) is 32.3. The van der Waals surface area contributed by atoms with Gasteiger partial charge in [-0.05, 0) is 57.9 Å². The molecule has 1 aromatic heterocycles. The normalized spacial score (nSPS) is 12.1. The lowest BCUT2D eigenvalue weighted by atomic mass is 9.90. The fraction of sp³-hybridized carbons (Fsp3) is 0.406. The highest BCUT2D eigenvalue weighted by atomic mass is 16.6. The van der Waals surface area contributed by atoms with Crippen molar-refractivity contribution < 1.29 is 28.7 Å². The van der Waals surface area contributed by atoms with Gasteiger partial charge >= 0.3 is 12.1 Å². The number of carbonyl (C=O) groups is 4. The smallest absolute Gasteiger partial charge is 0.408 e. The number of ether oxygens (including phenoxy) is 2. The fourth-order valence-electron chi connectivity index (χ4n) is 4.12. The Morgan fingerprint density at radius 3 is 2.32 bits per heavy atom. The molecular formula is C32H42N6O6. The minimum absolute atomic E-state index is 0.0270. The molecule has 0 radical (unpaired) electrons. The molecule has 44 heavy (non-hydrogen) atoms. The molecule has 1 heterocycles. The molecule has 12 nitrogen and oxygen atoms in total. The molecule has 236 valence electrons. The zero-order valence-electron chi connectivity index (χ0n) is 26.1. The predicted octanol–water partition coefficient (Wildman–Crippen LogP) is 4.72. The molecule has 4 N–H and O–H groups in total. The van der Waals surface area contributed by atoms with Gasteiger partial charge in [-0.25, -0.2) is 14.6 Å². The van der Waals surface area contributed by atoms with E-state index in [0.29, 0.717) is 18.1 Å². The highest BCUT2D eigenvalue weighted by molar-refractivity contribution is 5.98. The van der Waals surface area contributed by atoms with Gasteiger partial charge in [0.05, 0.1) is 31.0 Å². The summed E-state index contributed by atoms with van der Waals surface area (Å²) in [6.07, 6.45) is 2.34. The molecule has 0 aliphatic rings. The van der Waals surface area contributed by atoms with E-state index in [0.717, 1.165) is 11.1 Å². The largest absolute Gasteiger partial charge is 0.444 e. The zero-order valence-corrected chi connectivity index (χ0v) is 26.1. The first-order chi connectivity index (χ1) is 20.7. The molecule has 1 atom stereocenters. The van der Waals surface area contributed by atoms with Crippen LogP contribution in [0.2, 0.25) is 0 Å². The molecule has 0 spiro atoms. The van der Waals surface area contributed by atoms with Crippen LogP contribution in [0.1, 0.15) is 52.2 Å². The molecule has 0 fully saturated rings. The lowest BCUT2D eigenvalue weighted by Gasteiger charge is -2.28. The summed E-state index contributed by atoms with van der Waals surface area (Å²) >= 11 is 0. The average Bonchev–Trinajstić information content (AvgIpc) is 3.37. The minimum atomic E-state index is -1.29. The van der Waals surface area contributed by atoms with Crippen molar-refractivity contribution in [1.29, 1.82) is 0 Å². The summed E-state index contributed by atoms with van der Waals surface area (Å²) in [7, 11) is 1.54. The van der Waals surface area contributed by atoms with E-state index >= 15 is 0 Å². The summed E-state index contributed by atoms with van der Waals surface area (Å²) < 4.78 is 12.9. The third-order valence-corrected chi connectivity index (χ3v) is 6.41. The Labute approximate surface area is 257 Å². The van der Waals surface area contributed by atoms with Crippen LogP contribution in [0, 0.1) is 5.92 Å². The van der Waals surface area contributed by atoms with E-state index in [1.165, 1.54) is 7.05 Å². The van der Waals surface area contributed by atoms with Gasteiger partial charge in [0.2, 0.25) is 5.91 Å². The van der Waals surface area contributed by atoms with Crippen LogP contribution in [0.3, 0.4) is 0 Å². The van der Waals surface area contributed by atoms with Gasteiger partial charge in [-0.15, -0.1) is 0 Å². The third-order valence-electron chi connectivity index (χ3n) is 6.41. The standard InChI is InChI=1S/C32H42N6O6/c1-31(2,3)44-30(42)37-32(4,5)26(39)16-24(20-43-19-22-11-8-7-9-12-22)28(40)36-27-18-38(21-34-27)17-23-13-10-14-25(15-23)35-29(41)33-6/h7-15,18,21,24H,16-17,19-20H2,1-6H3,(H,36,40)(H,37,42)(H2,33,35,41). The Balaban J connectivity index is 1.68. The molecule has 1 unspecified atom stereocenters. The Morgan fingerprint density at radius 2 is 1.64 bits per heavy atom. The second-order valence-electron chi connectivity index (χ2n) is 11.9. The van der Waals surface area contributed by atoms with Gasteiger partial charge in [-0.2, -0.15) is 0 Å². The van der Waals surface area contributed by atoms with Crippen molar-refractivity contribution in [3.63, 3.8) is 0 Å². The number of benzene rings is 2. The summed E-state index contributed by atoms with van der Waals surface area (Å²) in [5.41, 5.74) is 0.460. The van der Waals surface area contributed by atoms with Crippen molar-refractivity contribution >= 4 is 35.3 Å². The first-order valence-electron chi connectivity index (χ1n) is 14.3. The van der Waals surface area contributed by atoms with Gasteiger partial charge in [-0.3, -0.25) is 9.59 Å². The van der Waals surface area contributed by atoms with Crippen LogP contribution >= 0.6 is 0 Å². The van der Waals surface area contributed by atoms with Crippen molar-refractivity contribution in [1.82, 2.24) is 20.2 Å². The maximum atomic E-state index is 13.4. The van der Waals surface area contributed by atoms with E-state index < -0.39 is 29.1 Å². The van der Waals surface area contributed by atoms with Crippen molar-refractivity contribution in [2.75, 3.05) is 24.3 Å². The maximum absolute atomic E-state index is 13.4. The SMILES string of the molecule is CNC(=O)Nc1cccc(Cn2cnc(NC(=O)C(COCc3ccccc3)CC(=O)C(C)(C)NC(=O)OC(C)(C)C)c2)c1. The monoisotopic (exact) mass is 606 g/mol. The van der Waals surface area contributed by atoms with Gasteiger partial charge in [0.1, 0.15) is 5.60 Å². The second-order valence-corrected chi connectivity index (χ2v) is 11.9. The number of ketones is 1. The lowest BCUT2D eigenvalue weighted by molar-refractivity contribution is -0.131. The van der Waals surface area contributed by atoms with Crippen LogP contribution in [-0.2, 0) is 32.2 Å². The first kappa shape index (κ1) is 33.8. The summed E-state index contributed by atoms with van der Waals surface area (Å²) in [5, 5.41) is 10.6. The highest BCUT2D eigenvalue weighted by Gasteiger charge is 2.35. The molecule has 0 saturated heterocycles. The van der Waals surface area contributed by atoms with Crippen LogP contribution in [0.4, 0.5) is 21.1 Å². The van der Waals surface area contributed by atoms with E-state index in [1.807, 2.05) is 48.5 Å². The highest BCUT2D eigenvalue weighted by Crippen LogP contribution is 2.19. The Kier molecular flexibility index (Phi) is 11.6. The molecule has 2 aromatic carbocycles. The molecular weight excluding hydrogens is 564 g/mol. The van der Waals surface area contributed by atoms with Gasteiger partial charge in [0.25, 0.3) is 0 Å². The predicted molar refractivity (Wildman–Crippen MR) is 167 cm³/mol. The van der Waals surface area contributed by atoms with Gasteiger partial charge < -0.3 is 35.3 Å². The second kappa shape index (κ2) is 15.1. The van der Waals surface area contributed by atoms with Crippen LogP contribution < -0.4 is 21.3 Å². The van der Waals surface area contributed by atoms with E-state index in [1.54, 1.807) is 57.8 Å². The maximum Gasteiger partial charge on any atom is 0.408 e. The van der Waals surface area contributed by atoms with Gasteiger partial charge in [-0.1, -0.05) is 42.5 Å². The summed E-state index contributed by atoms with van der Waals surface area (Å²) in [5.74, 6) is -1.35. The van der Waals surface area contributed by atoms with E-state index in [2.05, 4.69) is 26.3 Å². The molecule has 0 aliphatic heterocycles. The fourth-order valence-corrected chi connectivity index (χ4v) is 4.12. The first-order valence-corrected chi connectivity index (χ1v) is 14.3. The number of aromatic nitrogens is 2. The summed E-state index contributed by atoms with van der Waals surface area (Å²) in [6.45, 7) is 9.01. The summed E-state index contributed by atoms with van der Waals surface area (Å²) in [4.78, 5) is 55.0.